The number of fused-ring (bicyclic) bond motifs is 1. The molecule has 0 atom stereocenters. The van der Waals surface area contributed by atoms with E-state index in [0.29, 0.717) is 0 Å². The highest BCUT2D eigenvalue weighted by atomic mass is 35.5. The fraction of sp³-hybridized carbons (Fsp3) is 0.310. The van der Waals surface area contributed by atoms with Crippen molar-refractivity contribution in [1.29, 1.82) is 0 Å². The molecule has 2 saturated heterocycles. The number of para-hydroxylation sites is 1. The van der Waals surface area contributed by atoms with E-state index in [9.17, 15) is 0 Å². The highest BCUT2D eigenvalue weighted by Gasteiger charge is 2.27. The summed E-state index contributed by atoms with van der Waals surface area (Å²) in [4.78, 5) is 17.4. The summed E-state index contributed by atoms with van der Waals surface area (Å²) in [6.07, 6.45) is 0. The molecule has 0 bridgehead atoms. The first-order valence-corrected chi connectivity index (χ1v) is 14.6. The number of aromatic nitrogens is 2. The molecule has 0 spiro atoms. The van der Waals surface area contributed by atoms with Crippen molar-refractivity contribution in [3.8, 4) is 0 Å². The molecule has 0 amide bonds. The second kappa shape index (κ2) is 11.2. The summed E-state index contributed by atoms with van der Waals surface area (Å²) in [5.41, 5.74) is 3.51. The lowest BCUT2D eigenvalue weighted by Crippen LogP contribution is -2.47. The first kappa shape index (κ1) is 25.0. The Balaban J connectivity index is 1.20. The standard InChI is InChI=1S/C29H29Cl2N5S/c30-23-9-5-21(6-10-23)28(22-7-11-24(31)12-8-22)35-15-13-34(14-16-35)19-27-32-26-4-2-1-3-25(26)29(33-27)36-17-18-37-20-36/h1-12,28H,13-20H2. The zero-order valence-electron chi connectivity index (χ0n) is 20.6. The minimum Gasteiger partial charge on any atom is -0.346 e. The molecule has 0 aliphatic carbocycles. The Morgan fingerprint density at radius 1 is 0.757 bits per heavy atom. The van der Waals surface area contributed by atoms with Crippen LogP contribution >= 0.6 is 35.0 Å². The van der Waals surface area contributed by atoms with Gasteiger partial charge in [0.2, 0.25) is 0 Å². The van der Waals surface area contributed by atoms with Gasteiger partial charge in [0.1, 0.15) is 11.6 Å². The Bertz CT molecular complexity index is 1310. The van der Waals surface area contributed by atoms with Crippen LogP contribution in [0.1, 0.15) is 23.0 Å². The zero-order chi connectivity index (χ0) is 25.2. The lowest BCUT2D eigenvalue weighted by Gasteiger charge is -2.39. The summed E-state index contributed by atoms with van der Waals surface area (Å²) in [5, 5.41) is 2.66. The highest BCUT2D eigenvalue weighted by Crippen LogP contribution is 2.32. The summed E-state index contributed by atoms with van der Waals surface area (Å²) < 4.78 is 0. The van der Waals surface area contributed by atoms with Crippen molar-refractivity contribution in [3.63, 3.8) is 0 Å². The Morgan fingerprint density at radius 3 is 2.03 bits per heavy atom. The van der Waals surface area contributed by atoms with Crippen LogP contribution in [0.15, 0.2) is 72.8 Å². The normalized spacial score (nSPS) is 17.2. The van der Waals surface area contributed by atoms with Crippen LogP contribution in [-0.2, 0) is 6.54 Å². The third-order valence-corrected chi connectivity index (χ3v) is 8.66. The Morgan fingerprint density at radius 2 is 1.41 bits per heavy atom. The lowest BCUT2D eigenvalue weighted by molar-refractivity contribution is 0.103. The molecule has 2 fully saturated rings. The quantitative estimate of drug-likeness (QED) is 0.278. The van der Waals surface area contributed by atoms with Crippen LogP contribution in [0.25, 0.3) is 10.9 Å². The van der Waals surface area contributed by atoms with Crippen molar-refractivity contribution in [2.45, 2.75) is 12.6 Å². The van der Waals surface area contributed by atoms with E-state index in [1.807, 2.05) is 36.0 Å². The van der Waals surface area contributed by atoms with Crippen molar-refractivity contribution >= 4 is 51.7 Å². The number of rotatable bonds is 6. The lowest BCUT2D eigenvalue weighted by atomic mass is 9.96. The summed E-state index contributed by atoms with van der Waals surface area (Å²) in [6.45, 7) is 5.64. The molecule has 0 N–H and O–H groups in total. The molecule has 2 aliphatic heterocycles. The van der Waals surface area contributed by atoms with Gasteiger partial charge in [-0.1, -0.05) is 59.6 Å². The third-order valence-electron chi connectivity index (χ3n) is 7.19. The van der Waals surface area contributed by atoms with E-state index in [1.165, 1.54) is 11.1 Å². The maximum absolute atomic E-state index is 6.20. The van der Waals surface area contributed by atoms with Crippen molar-refractivity contribution in [3.05, 3.63) is 99.8 Å². The molecular weight excluding hydrogens is 521 g/mol. The molecule has 4 aromatic rings. The van der Waals surface area contributed by atoms with Crippen molar-refractivity contribution in [2.75, 3.05) is 49.3 Å². The van der Waals surface area contributed by atoms with Crippen LogP contribution in [0.4, 0.5) is 5.82 Å². The smallest absolute Gasteiger partial charge is 0.145 e. The van der Waals surface area contributed by atoms with Crippen LogP contribution in [0.5, 0.6) is 0 Å². The highest BCUT2D eigenvalue weighted by molar-refractivity contribution is 7.99. The molecule has 1 aromatic heterocycles. The molecule has 0 saturated carbocycles. The Labute approximate surface area is 232 Å². The van der Waals surface area contributed by atoms with Gasteiger partial charge >= 0.3 is 0 Å². The van der Waals surface area contributed by atoms with Crippen molar-refractivity contribution in [2.24, 2.45) is 0 Å². The molecular formula is C29H29Cl2N5S. The second-order valence-electron chi connectivity index (χ2n) is 9.60. The Hall–Kier alpha value is -2.35. The number of nitrogens with zero attached hydrogens (tertiary/aromatic N) is 5. The number of hydrogen-bond acceptors (Lipinski definition) is 6. The van der Waals surface area contributed by atoms with E-state index < -0.39 is 0 Å². The van der Waals surface area contributed by atoms with E-state index in [-0.39, 0.29) is 6.04 Å². The minimum absolute atomic E-state index is 0.160. The first-order chi connectivity index (χ1) is 18.1. The van der Waals surface area contributed by atoms with Crippen LogP contribution in [0, 0.1) is 0 Å². The molecule has 0 radical (unpaired) electrons. The molecule has 3 aromatic carbocycles. The van der Waals surface area contributed by atoms with Gasteiger partial charge in [0.15, 0.2) is 0 Å². The molecule has 2 aliphatic rings. The minimum atomic E-state index is 0.160. The molecule has 6 rings (SSSR count). The average molecular weight is 551 g/mol. The predicted octanol–water partition coefficient (Wildman–Crippen LogP) is 6.35. The summed E-state index contributed by atoms with van der Waals surface area (Å²) in [7, 11) is 0. The van der Waals surface area contributed by atoms with Gasteiger partial charge in [-0.05, 0) is 47.5 Å². The average Bonchev–Trinajstić information content (AvgIpc) is 3.47. The largest absolute Gasteiger partial charge is 0.346 e. The fourth-order valence-corrected chi connectivity index (χ4v) is 6.49. The zero-order valence-corrected chi connectivity index (χ0v) is 22.9. The topological polar surface area (TPSA) is 35.5 Å². The number of anilines is 1. The van der Waals surface area contributed by atoms with Gasteiger partial charge in [0.05, 0.1) is 24.0 Å². The monoisotopic (exact) mass is 549 g/mol. The van der Waals surface area contributed by atoms with E-state index in [1.54, 1.807) is 0 Å². The molecule has 0 unspecified atom stereocenters. The van der Waals surface area contributed by atoms with E-state index >= 15 is 0 Å². The van der Waals surface area contributed by atoms with Gasteiger partial charge in [0, 0.05) is 53.9 Å². The van der Waals surface area contributed by atoms with Gasteiger partial charge < -0.3 is 4.90 Å². The maximum Gasteiger partial charge on any atom is 0.145 e. The number of thioether (sulfide) groups is 1. The van der Waals surface area contributed by atoms with Gasteiger partial charge in [0.25, 0.3) is 0 Å². The number of benzene rings is 3. The van der Waals surface area contributed by atoms with Crippen LogP contribution < -0.4 is 4.90 Å². The molecule has 8 heteroatoms. The number of hydrogen-bond donors (Lipinski definition) is 0. The van der Waals surface area contributed by atoms with Crippen molar-refractivity contribution in [1.82, 2.24) is 19.8 Å². The van der Waals surface area contributed by atoms with Crippen LogP contribution in [-0.4, -0.2) is 64.1 Å². The molecule has 190 valence electrons. The SMILES string of the molecule is Clc1ccc(C(c2ccc(Cl)cc2)N2CCN(Cc3nc(N4CCSC4)c4ccccc4n3)CC2)cc1. The van der Waals surface area contributed by atoms with Crippen LogP contribution in [0.2, 0.25) is 10.0 Å². The van der Waals surface area contributed by atoms with Gasteiger partial charge in [-0.3, -0.25) is 9.80 Å². The van der Waals surface area contributed by atoms with E-state index in [0.717, 1.165) is 83.5 Å². The summed E-state index contributed by atoms with van der Waals surface area (Å²) in [5.74, 6) is 4.13. The van der Waals surface area contributed by atoms with Gasteiger partial charge in [-0.15, -0.1) is 11.8 Å². The number of halogens is 2. The van der Waals surface area contributed by atoms with Gasteiger partial charge in [-0.25, -0.2) is 9.97 Å². The molecule has 3 heterocycles. The van der Waals surface area contributed by atoms with E-state index in [2.05, 4.69) is 63.2 Å². The van der Waals surface area contributed by atoms with Crippen LogP contribution in [0.3, 0.4) is 0 Å². The molecule has 5 nitrogen and oxygen atoms in total. The maximum atomic E-state index is 6.20. The summed E-state index contributed by atoms with van der Waals surface area (Å²) >= 11 is 14.4. The fourth-order valence-electron chi connectivity index (χ4n) is 5.28. The first-order valence-electron chi connectivity index (χ1n) is 12.7. The summed E-state index contributed by atoms with van der Waals surface area (Å²) in [6, 6.07) is 25.0. The number of piperazine rings is 1. The molecule has 37 heavy (non-hydrogen) atoms. The second-order valence-corrected chi connectivity index (χ2v) is 11.5. The van der Waals surface area contributed by atoms with Gasteiger partial charge in [-0.2, -0.15) is 0 Å². The predicted molar refractivity (Wildman–Crippen MR) is 156 cm³/mol. The van der Waals surface area contributed by atoms with E-state index in [4.69, 9.17) is 33.2 Å². The van der Waals surface area contributed by atoms with Crippen molar-refractivity contribution < 1.29 is 0 Å². The third kappa shape index (κ3) is 5.59. The Kier molecular flexibility index (Phi) is 7.54.